The monoisotopic (exact) mass is 367 g/mol. The molecule has 0 radical (unpaired) electrons. The van der Waals surface area contributed by atoms with Gasteiger partial charge in [0.25, 0.3) is 0 Å². The van der Waals surface area contributed by atoms with Crippen LogP contribution in [0.1, 0.15) is 27.7 Å². The number of hydrogen-bond donors (Lipinski definition) is 0. The summed E-state index contributed by atoms with van der Waals surface area (Å²) in [7, 11) is 0. The Balaban J connectivity index is 1.71. The highest BCUT2D eigenvalue weighted by atomic mass is 16.5. The zero-order chi connectivity index (χ0) is 19.5. The van der Waals surface area contributed by atoms with E-state index in [4.69, 9.17) is 4.65 Å². The first kappa shape index (κ1) is 17.6. The lowest BCUT2D eigenvalue weighted by atomic mass is 9.54. The van der Waals surface area contributed by atoms with Crippen molar-refractivity contribution < 1.29 is 4.65 Å². The second-order valence-corrected chi connectivity index (χ2v) is 9.17. The van der Waals surface area contributed by atoms with Crippen molar-refractivity contribution in [1.29, 1.82) is 0 Å². The molecule has 0 spiro atoms. The predicted octanol–water partition coefficient (Wildman–Crippen LogP) is 5.82. The van der Waals surface area contributed by atoms with E-state index in [2.05, 4.69) is 105 Å². The summed E-state index contributed by atoms with van der Waals surface area (Å²) >= 11 is 0. The maximum atomic E-state index is 6.50. The van der Waals surface area contributed by atoms with Crippen LogP contribution in [0.2, 0.25) is 6.32 Å². The van der Waals surface area contributed by atoms with Crippen molar-refractivity contribution in [1.82, 2.24) is 4.57 Å². The van der Waals surface area contributed by atoms with Crippen molar-refractivity contribution in [3.8, 4) is 5.69 Å². The van der Waals surface area contributed by atoms with Crippen LogP contribution in [0.25, 0.3) is 27.5 Å². The fourth-order valence-corrected chi connectivity index (χ4v) is 4.50. The second-order valence-electron chi connectivity index (χ2n) is 9.17. The van der Waals surface area contributed by atoms with Crippen LogP contribution < -0.4 is 5.46 Å². The van der Waals surface area contributed by atoms with Gasteiger partial charge in [-0.1, -0.05) is 62.4 Å². The average molecular weight is 367 g/mol. The molecule has 28 heavy (non-hydrogen) atoms. The molecule has 1 aromatic heterocycles. The highest BCUT2D eigenvalue weighted by Crippen LogP contribution is 2.45. The van der Waals surface area contributed by atoms with Crippen LogP contribution in [0, 0.1) is 5.41 Å². The first-order chi connectivity index (χ1) is 13.4. The van der Waals surface area contributed by atoms with E-state index in [9.17, 15) is 0 Å². The molecule has 0 N–H and O–H groups in total. The molecule has 5 rings (SSSR count). The van der Waals surface area contributed by atoms with E-state index in [0.717, 1.165) is 6.32 Å². The summed E-state index contributed by atoms with van der Waals surface area (Å²) in [4.78, 5) is 0. The van der Waals surface area contributed by atoms with Crippen LogP contribution in [0.4, 0.5) is 0 Å². The Morgan fingerprint density at radius 1 is 0.786 bits per heavy atom. The number of hydrogen-bond acceptors (Lipinski definition) is 1. The Kier molecular flexibility index (Phi) is 3.76. The number of benzene rings is 3. The first-order valence-corrected chi connectivity index (χ1v) is 10.1. The van der Waals surface area contributed by atoms with Crippen molar-refractivity contribution in [2.45, 2.75) is 39.6 Å². The van der Waals surface area contributed by atoms with Gasteiger partial charge >= 0.3 is 6.92 Å². The number of para-hydroxylation sites is 2. The molecular weight excluding hydrogens is 341 g/mol. The molecule has 3 aromatic carbocycles. The van der Waals surface area contributed by atoms with Gasteiger partial charge in [-0.3, -0.25) is 0 Å². The van der Waals surface area contributed by atoms with Gasteiger partial charge in [0.15, 0.2) is 0 Å². The average Bonchev–Trinajstić information content (AvgIpc) is 3.12. The van der Waals surface area contributed by atoms with Gasteiger partial charge in [0.2, 0.25) is 0 Å². The molecule has 0 amide bonds. The topological polar surface area (TPSA) is 14.2 Å². The molecule has 0 unspecified atom stereocenters. The van der Waals surface area contributed by atoms with Crippen LogP contribution in [0.15, 0.2) is 72.8 Å². The minimum absolute atomic E-state index is 0.120. The molecule has 2 nitrogen and oxygen atoms in total. The summed E-state index contributed by atoms with van der Waals surface area (Å²) in [6.07, 6.45) is 1.04. The van der Waals surface area contributed by atoms with E-state index in [1.54, 1.807) is 0 Å². The van der Waals surface area contributed by atoms with E-state index >= 15 is 0 Å². The van der Waals surface area contributed by atoms with Gasteiger partial charge in [-0.2, -0.15) is 0 Å². The molecular formula is C25H26BNO. The SMILES string of the molecule is CC1(C)CB(c2ccc3c(c2)c2ccccc2n3-c2ccccc2)OC1(C)C. The fraction of sp³-hybridized carbons (Fsp3) is 0.280. The Morgan fingerprint density at radius 3 is 2.18 bits per heavy atom. The van der Waals surface area contributed by atoms with E-state index < -0.39 is 0 Å². The molecule has 3 heteroatoms. The summed E-state index contributed by atoms with van der Waals surface area (Å²) in [5.74, 6) is 0. The summed E-state index contributed by atoms with van der Waals surface area (Å²) < 4.78 is 8.85. The van der Waals surface area contributed by atoms with Gasteiger partial charge in [0.05, 0.1) is 16.6 Å². The summed E-state index contributed by atoms with van der Waals surface area (Å²) in [6, 6.07) is 26.1. The third-order valence-electron chi connectivity index (χ3n) is 6.85. The zero-order valence-electron chi connectivity index (χ0n) is 17.1. The molecule has 1 aliphatic rings. The molecule has 0 atom stereocenters. The number of nitrogens with zero attached hydrogens (tertiary/aromatic N) is 1. The molecule has 4 aromatic rings. The van der Waals surface area contributed by atoms with Crippen LogP contribution in [-0.4, -0.2) is 17.1 Å². The molecule has 2 heterocycles. The minimum atomic E-state index is -0.120. The lowest BCUT2D eigenvalue weighted by molar-refractivity contribution is 0.0375. The van der Waals surface area contributed by atoms with Gasteiger partial charge < -0.3 is 9.22 Å². The van der Waals surface area contributed by atoms with Crippen LogP contribution in [-0.2, 0) is 4.65 Å². The minimum Gasteiger partial charge on any atom is -0.426 e. The largest absolute Gasteiger partial charge is 0.426 e. The lowest BCUT2D eigenvalue weighted by Gasteiger charge is -2.34. The molecule has 0 saturated carbocycles. The third-order valence-corrected chi connectivity index (χ3v) is 6.85. The standard InChI is InChI=1S/C25H26BNO/c1-24(2)17-26(28-25(24,3)4)18-14-15-23-21(16-18)20-12-8-9-13-22(20)27(23)19-10-6-5-7-11-19/h5-16H,17H2,1-4H3. The Hall–Kier alpha value is -2.52. The van der Waals surface area contributed by atoms with Gasteiger partial charge in [-0.25, -0.2) is 0 Å². The van der Waals surface area contributed by atoms with E-state index in [1.165, 1.54) is 33.0 Å². The van der Waals surface area contributed by atoms with Gasteiger partial charge in [0.1, 0.15) is 0 Å². The maximum Gasteiger partial charge on any atom is 0.327 e. The summed E-state index contributed by atoms with van der Waals surface area (Å²) in [5.41, 5.74) is 5.00. The zero-order valence-corrected chi connectivity index (χ0v) is 17.1. The molecule has 1 fully saturated rings. The number of aromatic nitrogens is 1. The van der Waals surface area contributed by atoms with Crippen molar-refractivity contribution in [2.24, 2.45) is 5.41 Å². The second kappa shape index (κ2) is 5.99. The molecule has 140 valence electrons. The highest BCUT2D eigenvalue weighted by Gasteiger charge is 2.49. The van der Waals surface area contributed by atoms with Crippen molar-refractivity contribution in [3.63, 3.8) is 0 Å². The van der Waals surface area contributed by atoms with Crippen molar-refractivity contribution >= 4 is 34.2 Å². The van der Waals surface area contributed by atoms with E-state index in [0.29, 0.717) is 0 Å². The molecule has 1 saturated heterocycles. The van der Waals surface area contributed by atoms with Gasteiger partial charge in [-0.15, -0.1) is 0 Å². The van der Waals surface area contributed by atoms with Crippen LogP contribution in [0.5, 0.6) is 0 Å². The fourth-order valence-electron chi connectivity index (χ4n) is 4.50. The Morgan fingerprint density at radius 2 is 1.46 bits per heavy atom. The molecule has 0 aliphatic carbocycles. The summed E-state index contributed by atoms with van der Waals surface area (Å²) in [6.45, 7) is 9.20. The summed E-state index contributed by atoms with van der Waals surface area (Å²) in [5, 5.41) is 2.59. The Labute approximate surface area is 167 Å². The van der Waals surface area contributed by atoms with Crippen molar-refractivity contribution in [2.75, 3.05) is 0 Å². The Bertz CT molecular complexity index is 1160. The highest BCUT2D eigenvalue weighted by molar-refractivity contribution is 6.68. The van der Waals surface area contributed by atoms with Gasteiger partial charge in [0, 0.05) is 16.5 Å². The van der Waals surface area contributed by atoms with Gasteiger partial charge in [-0.05, 0) is 55.3 Å². The number of rotatable bonds is 2. The molecule has 1 aliphatic heterocycles. The van der Waals surface area contributed by atoms with Crippen LogP contribution >= 0.6 is 0 Å². The lowest BCUT2D eigenvalue weighted by Crippen LogP contribution is -2.36. The quantitative estimate of drug-likeness (QED) is 0.408. The van der Waals surface area contributed by atoms with E-state index in [-0.39, 0.29) is 17.9 Å². The van der Waals surface area contributed by atoms with Crippen LogP contribution in [0.3, 0.4) is 0 Å². The third kappa shape index (κ3) is 2.53. The molecule has 0 bridgehead atoms. The number of fused-ring (bicyclic) bond motifs is 3. The smallest absolute Gasteiger partial charge is 0.327 e. The van der Waals surface area contributed by atoms with E-state index in [1.807, 2.05) is 0 Å². The maximum absolute atomic E-state index is 6.50. The van der Waals surface area contributed by atoms with Crippen molar-refractivity contribution in [3.05, 3.63) is 72.8 Å². The normalized spacial score (nSPS) is 18.2. The first-order valence-electron chi connectivity index (χ1n) is 10.1. The predicted molar refractivity (Wildman–Crippen MR) is 120 cm³/mol.